The summed E-state index contributed by atoms with van der Waals surface area (Å²) < 4.78 is 9.83. The third-order valence-electron chi connectivity index (χ3n) is 1.35. The number of aromatic nitrogens is 1. The lowest BCUT2D eigenvalue weighted by molar-refractivity contribution is 0.0491. The van der Waals surface area contributed by atoms with Crippen LogP contribution in [-0.4, -0.2) is 31.7 Å². The van der Waals surface area contributed by atoms with Crippen LogP contribution >= 0.6 is 0 Å². The summed E-state index contributed by atoms with van der Waals surface area (Å²) >= 11 is 0. The van der Waals surface area contributed by atoms with E-state index in [0.29, 0.717) is 12.6 Å². The lowest BCUT2D eigenvalue weighted by atomic mass is 10.5. The molecule has 1 rings (SSSR count). The van der Waals surface area contributed by atoms with Gasteiger partial charge in [0.1, 0.15) is 0 Å². The van der Waals surface area contributed by atoms with Gasteiger partial charge >= 0.3 is 5.97 Å². The molecular formula is C8H12N2O3. The monoisotopic (exact) mass is 184 g/mol. The molecule has 1 aromatic heterocycles. The van der Waals surface area contributed by atoms with Crippen LogP contribution in [0, 0.1) is 0 Å². The number of carbonyl (C=O) groups excluding carboxylic acids is 1. The van der Waals surface area contributed by atoms with Gasteiger partial charge < -0.3 is 14.1 Å². The molecule has 13 heavy (non-hydrogen) atoms. The zero-order valence-corrected chi connectivity index (χ0v) is 7.90. The zero-order valence-electron chi connectivity index (χ0n) is 7.90. The van der Waals surface area contributed by atoms with Crippen molar-refractivity contribution in [3.05, 3.63) is 12.0 Å². The fourth-order valence-corrected chi connectivity index (χ4v) is 0.768. The number of nitrogens with zero attached hydrogens (tertiary/aromatic N) is 2. The van der Waals surface area contributed by atoms with E-state index in [0.717, 1.165) is 0 Å². The van der Waals surface area contributed by atoms with Gasteiger partial charge in [-0.25, -0.2) is 9.78 Å². The minimum atomic E-state index is -0.483. The van der Waals surface area contributed by atoms with E-state index in [1.54, 1.807) is 25.9 Å². The van der Waals surface area contributed by atoms with Gasteiger partial charge in [0.15, 0.2) is 0 Å². The van der Waals surface area contributed by atoms with E-state index in [4.69, 9.17) is 9.15 Å². The van der Waals surface area contributed by atoms with Crippen molar-refractivity contribution in [1.82, 2.24) is 4.98 Å². The number of hydrogen-bond acceptors (Lipinski definition) is 5. The van der Waals surface area contributed by atoms with Crippen LogP contribution in [0.25, 0.3) is 0 Å². The van der Waals surface area contributed by atoms with Crippen molar-refractivity contribution in [2.24, 2.45) is 0 Å². The second-order valence-electron chi connectivity index (χ2n) is 2.62. The molecule has 0 bridgehead atoms. The van der Waals surface area contributed by atoms with Gasteiger partial charge in [-0.05, 0) is 6.92 Å². The Morgan fingerprint density at radius 2 is 2.38 bits per heavy atom. The summed E-state index contributed by atoms with van der Waals surface area (Å²) in [4.78, 5) is 16.7. The molecule has 1 heterocycles. The maximum Gasteiger partial charge on any atom is 0.376 e. The summed E-state index contributed by atoms with van der Waals surface area (Å²) in [7, 11) is 3.56. The Balaban J connectivity index is 2.73. The summed E-state index contributed by atoms with van der Waals surface area (Å²) in [6.07, 6.45) is 1.35. The molecule has 0 amide bonds. The van der Waals surface area contributed by atoms with E-state index in [1.165, 1.54) is 6.20 Å². The van der Waals surface area contributed by atoms with Crippen LogP contribution in [0.1, 0.15) is 17.5 Å². The van der Waals surface area contributed by atoms with Gasteiger partial charge in [-0.3, -0.25) is 0 Å². The topological polar surface area (TPSA) is 55.6 Å². The van der Waals surface area contributed by atoms with Crippen LogP contribution in [0.3, 0.4) is 0 Å². The SMILES string of the molecule is CCOC(=O)c1cnc(N(C)C)o1. The molecule has 0 aromatic carbocycles. The van der Waals surface area contributed by atoms with Gasteiger partial charge in [0.05, 0.1) is 12.8 Å². The van der Waals surface area contributed by atoms with E-state index in [2.05, 4.69) is 4.98 Å². The van der Waals surface area contributed by atoms with Crippen molar-refractivity contribution in [2.75, 3.05) is 25.6 Å². The molecule has 5 nitrogen and oxygen atoms in total. The van der Waals surface area contributed by atoms with Crippen LogP contribution in [-0.2, 0) is 4.74 Å². The van der Waals surface area contributed by atoms with Crippen molar-refractivity contribution in [3.8, 4) is 0 Å². The Labute approximate surface area is 76.3 Å². The molecule has 0 spiro atoms. The summed E-state index contributed by atoms with van der Waals surface area (Å²) in [5.74, 6) is -0.353. The lowest BCUT2D eigenvalue weighted by Gasteiger charge is -2.03. The zero-order chi connectivity index (χ0) is 9.84. The maximum atomic E-state index is 11.1. The van der Waals surface area contributed by atoms with Crippen molar-refractivity contribution < 1.29 is 13.9 Å². The number of anilines is 1. The molecule has 0 aliphatic rings. The summed E-state index contributed by atoms with van der Waals surface area (Å²) in [5.41, 5.74) is 0. The number of rotatable bonds is 3. The largest absolute Gasteiger partial charge is 0.460 e. The average Bonchev–Trinajstić information content (AvgIpc) is 2.52. The molecule has 72 valence electrons. The molecule has 0 aliphatic heterocycles. The highest BCUT2D eigenvalue weighted by atomic mass is 16.5. The standard InChI is InChI=1S/C8H12N2O3/c1-4-12-7(11)6-5-9-8(13-6)10(2)3/h5H,4H2,1-3H3. The second-order valence-corrected chi connectivity index (χ2v) is 2.62. The normalized spacial score (nSPS) is 9.77. The van der Waals surface area contributed by atoms with Gasteiger partial charge in [0.2, 0.25) is 5.76 Å². The first-order valence-electron chi connectivity index (χ1n) is 3.95. The molecule has 5 heteroatoms. The van der Waals surface area contributed by atoms with Crippen molar-refractivity contribution in [2.45, 2.75) is 6.92 Å². The van der Waals surface area contributed by atoms with Gasteiger partial charge in [-0.15, -0.1) is 0 Å². The maximum absolute atomic E-state index is 11.1. The predicted molar refractivity (Wildman–Crippen MR) is 46.8 cm³/mol. The molecule has 0 aliphatic carbocycles. The highest BCUT2D eigenvalue weighted by Crippen LogP contribution is 2.11. The van der Waals surface area contributed by atoms with Gasteiger partial charge in [0, 0.05) is 14.1 Å². The molecule has 1 aromatic rings. The minimum Gasteiger partial charge on any atom is -0.460 e. The second kappa shape index (κ2) is 3.93. The number of oxazole rings is 1. The molecule has 0 radical (unpaired) electrons. The van der Waals surface area contributed by atoms with E-state index in [9.17, 15) is 4.79 Å². The molecule has 0 N–H and O–H groups in total. The summed E-state index contributed by atoms with van der Waals surface area (Å²) in [6.45, 7) is 2.07. The third-order valence-corrected chi connectivity index (χ3v) is 1.35. The molecule has 0 fully saturated rings. The Kier molecular flexibility index (Phi) is 2.89. The smallest absolute Gasteiger partial charge is 0.376 e. The van der Waals surface area contributed by atoms with Crippen LogP contribution in [0.5, 0.6) is 0 Å². The Morgan fingerprint density at radius 3 is 2.85 bits per heavy atom. The first-order valence-corrected chi connectivity index (χ1v) is 3.95. The van der Waals surface area contributed by atoms with Crippen molar-refractivity contribution in [3.63, 3.8) is 0 Å². The first kappa shape index (κ1) is 9.57. The highest BCUT2D eigenvalue weighted by molar-refractivity contribution is 5.86. The van der Waals surface area contributed by atoms with E-state index in [-0.39, 0.29) is 5.76 Å². The van der Waals surface area contributed by atoms with Crippen LogP contribution < -0.4 is 4.90 Å². The molecule has 0 saturated carbocycles. The lowest BCUT2D eigenvalue weighted by Crippen LogP contribution is -2.08. The summed E-state index contributed by atoms with van der Waals surface area (Å²) in [6, 6.07) is 0.392. The van der Waals surface area contributed by atoms with E-state index >= 15 is 0 Å². The fourth-order valence-electron chi connectivity index (χ4n) is 0.768. The van der Waals surface area contributed by atoms with Crippen molar-refractivity contribution >= 4 is 12.0 Å². The summed E-state index contributed by atoms with van der Waals surface area (Å²) in [5, 5.41) is 0. The molecule has 0 unspecified atom stereocenters. The van der Waals surface area contributed by atoms with Crippen LogP contribution in [0.15, 0.2) is 10.6 Å². The van der Waals surface area contributed by atoms with Gasteiger partial charge in [-0.1, -0.05) is 0 Å². The van der Waals surface area contributed by atoms with Crippen LogP contribution in [0.2, 0.25) is 0 Å². The van der Waals surface area contributed by atoms with Gasteiger partial charge in [-0.2, -0.15) is 0 Å². The minimum absolute atomic E-state index is 0.130. The molecule has 0 atom stereocenters. The van der Waals surface area contributed by atoms with Crippen LogP contribution in [0.4, 0.5) is 6.01 Å². The molecule has 0 saturated heterocycles. The number of esters is 1. The van der Waals surface area contributed by atoms with E-state index < -0.39 is 5.97 Å². The Hall–Kier alpha value is -1.52. The average molecular weight is 184 g/mol. The Bertz CT molecular complexity index is 293. The quantitative estimate of drug-likeness (QED) is 0.654. The number of carbonyl (C=O) groups is 1. The third kappa shape index (κ3) is 2.21. The van der Waals surface area contributed by atoms with E-state index in [1.807, 2.05) is 0 Å². The highest BCUT2D eigenvalue weighted by Gasteiger charge is 2.13. The number of hydrogen-bond donors (Lipinski definition) is 0. The predicted octanol–water partition coefficient (Wildman–Crippen LogP) is 0.917. The Morgan fingerprint density at radius 1 is 1.69 bits per heavy atom. The van der Waals surface area contributed by atoms with Crippen molar-refractivity contribution in [1.29, 1.82) is 0 Å². The number of ether oxygens (including phenoxy) is 1. The fraction of sp³-hybridized carbons (Fsp3) is 0.500. The first-order chi connectivity index (χ1) is 6.15. The molecular weight excluding hydrogens is 172 g/mol. The van der Waals surface area contributed by atoms with Gasteiger partial charge in [0.25, 0.3) is 6.01 Å².